The van der Waals surface area contributed by atoms with E-state index in [-0.39, 0.29) is 17.8 Å². The highest BCUT2D eigenvalue weighted by Crippen LogP contribution is 2.50. The molecule has 3 atom stereocenters. The summed E-state index contributed by atoms with van der Waals surface area (Å²) in [6, 6.07) is 17.6. The Bertz CT molecular complexity index is 759. The van der Waals surface area contributed by atoms with Crippen LogP contribution in [-0.2, 0) is 5.41 Å². The van der Waals surface area contributed by atoms with Crippen molar-refractivity contribution >= 4 is 12.4 Å². The lowest BCUT2D eigenvalue weighted by Crippen LogP contribution is -2.51. The Morgan fingerprint density at radius 3 is 2.59 bits per heavy atom. The summed E-state index contributed by atoms with van der Waals surface area (Å²) in [4.78, 5) is 2.68. The van der Waals surface area contributed by atoms with Gasteiger partial charge in [0.2, 0.25) is 0 Å². The normalized spacial score (nSPS) is 26.7. The van der Waals surface area contributed by atoms with Crippen molar-refractivity contribution in [3.63, 3.8) is 0 Å². The number of aryl methyl sites for hydroxylation is 1. The summed E-state index contributed by atoms with van der Waals surface area (Å²) in [6.07, 6.45) is 6.45. The molecule has 2 aromatic carbocycles. The monoisotopic (exact) mass is 385 g/mol. The number of phenolic OH excluding ortho intramolecular Hbond substituents is 1. The molecule has 1 unspecified atom stereocenters. The predicted molar refractivity (Wildman–Crippen MR) is 115 cm³/mol. The van der Waals surface area contributed by atoms with Crippen LogP contribution in [0.5, 0.6) is 5.75 Å². The molecule has 0 spiro atoms. The van der Waals surface area contributed by atoms with Crippen LogP contribution in [0.3, 0.4) is 0 Å². The smallest absolute Gasteiger partial charge is 0.115 e. The topological polar surface area (TPSA) is 23.5 Å². The molecule has 146 valence electrons. The molecule has 0 bridgehead atoms. The lowest BCUT2D eigenvalue weighted by atomic mass is 9.59. The third kappa shape index (κ3) is 3.88. The van der Waals surface area contributed by atoms with Crippen molar-refractivity contribution in [2.45, 2.75) is 57.4 Å². The maximum Gasteiger partial charge on any atom is 0.115 e. The maximum atomic E-state index is 10.0. The standard InChI is InChI=1S/C24H31NO.ClH/c1-18-9-11-20(12-10-18)19(2)25-15-14-24(13-4-3-6-22(24)17-25)21-7-5-8-23(26)16-21;/h5,7-12,16,19,22,26H,3-4,6,13-15,17H2,1-2H3;1H/t19?,22-,24+;/m1./s1. The molecule has 2 aliphatic rings. The molecule has 2 aromatic rings. The molecule has 3 heteroatoms. The zero-order valence-electron chi connectivity index (χ0n) is 16.5. The molecule has 0 aromatic heterocycles. The Hall–Kier alpha value is -1.51. The van der Waals surface area contributed by atoms with Crippen LogP contribution in [-0.4, -0.2) is 23.1 Å². The Morgan fingerprint density at radius 2 is 1.85 bits per heavy atom. The van der Waals surface area contributed by atoms with E-state index >= 15 is 0 Å². The molecule has 1 N–H and O–H groups in total. The van der Waals surface area contributed by atoms with Crippen molar-refractivity contribution in [1.82, 2.24) is 4.90 Å². The second kappa shape index (κ2) is 8.24. The van der Waals surface area contributed by atoms with Crippen molar-refractivity contribution in [2.75, 3.05) is 13.1 Å². The molecule has 1 saturated heterocycles. The van der Waals surface area contributed by atoms with Crippen LogP contribution in [0.25, 0.3) is 0 Å². The zero-order chi connectivity index (χ0) is 18.1. The second-order valence-electron chi connectivity index (χ2n) is 8.48. The fourth-order valence-corrected chi connectivity index (χ4v) is 5.37. The van der Waals surface area contributed by atoms with Gasteiger partial charge >= 0.3 is 0 Å². The molecule has 27 heavy (non-hydrogen) atoms. The molecule has 2 nitrogen and oxygen atoms in total. The first-order valence-electron chi connectivity index (χ1n) is 10.2. The van der Waals surface area contributed by atoms with Crippen LogP contribution in [0.4, 0.5) is 0 Å². The highest BCUT2D eigenvalue weighted by molar-refractivity contribution is 5.85. The molecule has 0 radical (unpaired) electrons. The van der Waals surface area contributed by atoms with Gasteiger partial charge in [-0.05, 0) is 68.8 Å². The van der Waals surface area contributed by atoms with Gasteiger partial charge in [0.25, 0.3) is 0 Å². The fraction of sp³-hybridized carbons (Fsp3) is 0.500. The Labute approximate surface area is 170 Å². The molecule has 1 saturated carbocycles. The summed E-state index contributed by atoms with van der Waals surface area (Å²) in [5.41, 5.74) is 4.39. The van der Waals surface area contributed by atoms with Gasteiger partial charge in [0.1, 0.15) is 5.75 Å². The lowest BCUT2D eigenvalue weighted by molar-refractivity contribution is 0.0354. The predicted octanol–water partition coefficient (Wildman–Crippen LogP) is 6.02. The Kier molecular flexibility index (Phi) is 6.18. The van der Waals surface area contributed by atoms with Crippen LogP contribution in [0.15, 0.2) is 48.5 Å². The summed E-state index contributed by atoms with van der Waals surface area (Å²) >= 11 is 0. The third-order valence-corrected chi connectivity index (χ3v) is 7.04. The van der Waals surface area contributed by atoms with E-state index in [9.17, 15) is 5.11 Å². The fourth-order valence-electron chi connectivity index (χ4n) is 5.37. The van der Waals surface area contributed by atoms with E-state index in [1.807, 2.05) is 12.1 Å². The van der Waals surface area contributed by atoms with Crippen LogP contribution < -0.4 is 0 Å². The van der Waals surface area contributed by atoms with Crippen molar-refractivity contribution in [1.29, 1.82) is 0 Å². The van der Waals surface area contributed by atoms with Gasteiger partial charge in [-0.3, -0.25) is 4.90 Å². The van der Waals surface area contributed by atoms with Gasteiger partial charge in [-0.15, -0.1) is 12.4 Å². The number of aromatic hydroxyl groups is 1. The van der Waals surface area contributed by atoms with Crippen molar-refractivity contribution in [3.8, 4) is 5.75 Å². The first-order valence-corrected chi connectivity index (χ1v) is 10.2. The molecular formula is C24H32ClNO. The number of piperidine rings is 1. The SMILES string of the molecule is Cc1ccc(C(C)N2CC[C@]3(c4cccc(O)c4)CCCC[C@@H]3C2)cc1.Cl. The molecular weight excluding hydrogens is 354 g/mol. The zero-order valence-corrected chi connectivity index (χ0v) is 17.3. The van der Waals surface area contributed by atoms with E-state index in [1.165, 1.54) is 55.3 Å². The van der Waals surface area contributed by atoms with Gasteiger partial charge in [-0.1, -0.05) is 54.8 Å². The highest BCUT2D eigenvalue weighted by atomic mass is 35.5. The number of hydrogen-bond acceptors (Lipinski definition) is 2. The van der Waals surface area contributed by atoms with E-state index < -0.39 is 0 Å². The van der Waals surface area contributed by atoms with Gasteiger partial charge in [-0.2, -0.15) is 0 Å². The van der Waals surface area contributed by atoms with Gasteiger partial charge < -0.3 is 5.11 Å². The number of hydrogen-bond donors (Lipinski definition) is 1. The van der Waals surface area contributed by atoms with Crippen LogP contribution in [0.1, 0.15) is 61.8 Å². The number of fused-ring (bicyclic) bond motifs is 1. The first kappa shape index (κ1) is 20.2. The minimum atomic E-state index is 0. The summed E-state index contributed by atoms with van der Waals surface area (Å²) in [5.74, 6) is 1.11. The molecule has 0 amide bonds. The number of benzene rings is 2. The van der Waals surface area contributed by atoms with E-state index in [4.69, 9.17) is 0 Å². The van der Waals surface area contributed by atoms with Gasteiger partial charge in [0, 0.05) is 18.0 Å². The van der Waals surface area contributed by atoms with E-state index in [2.05, 4.69) is 49.1 Å². The molecule has 1 heterocycles. The second-order valence-corrected chi connectivity index (χ2v) is 8.48. The minimum Gasteiger partial charge on any atom is -0.508 e. The van der Waals surface area contributed by atoms with Crippen molar-refractivity contribution in [2.24, 2.45) is 5.92 Å². The Morgan fingerprint density at radius 1 is 1.07 bits per heavy atom. The molecule has 2 fully saturated rings. The average molecular weight is 386 g/mol. The summed E-state index contributed by atoms with van der Waals surface area (Å²) < 4.78 is 0. The first-order chi connectivity index (χ1) is 12.6. The Balaban J connectivity index is 0.00000210. The molecule has 1 aliphatic carbocycles. The van der Waals surface area contributed by atoms with Crippen LogP contribution >= 0.6 is 12.4 Å². The summed E-state index contributed by atoms with van der Waals surface area (Å²) in [7, 11) is 0. The lowest BCUT2D eigenvalue weighted by Gasteiger charge is -2.52. The molecule has 1 aliphatic heterocycles. The number of halogens is 1. The quantitative estimate of drug-likeness (QED) is 0.698. The van der Waals surface area contributed by atoms with Gasteiger partial charge in [0.05, 0.1) is 0 Å². The van der Waals surface area contributed by atoms with E-state index in [0.29, 0.717) is 17.7 Å². The molecule has 4 rings (SSSR count). The highest BCUT2D eigenvalue weighted by Gasteiger charge is 2.46. The number of phenols is 1. The van der Waals surface area contributed by atoms with Crippen LogP contribution in [0.2, 0.25) is 0 Å². The number of rotatable bonds is 3. The summed E-state index contributed by atoms with van der Waals surface area (Å²) in [6.45, 7) is 6.82. The third-order valence-electron chi connectivity index (χ3n) is 7.04. The average Bonchev–Trinajstić information content (AvgIpc) is 2.67. The number of likely N-dealkylation sites (tertiary alicyclic amines) is 1. The van der Waals surface area contributed by atoms with Gasteiger partial charge in [-0.25, -0.2) is 0 Å². The summed E-state index contributed by atoms with van der Waals surface area (Å²) in [5, 5.41) is 10.0. The van der Waals surface area contributed by atoms with E-state index in [0.717, 1.165) is 6.54 Å². The largest absolute Gasteiger partial charge is 0.508 e. The maximum absolute atomic E-state index is 10.0. The van der Waals surface area contributed by atoms with E-state index in [1.54, 1.807) is 6.07 Å². The van der Waals surface area contributed by atoms with Gasteiger partial charge in [0.15, 0.2) is 0 Å². The minimum absolute atomic E-state index is 0. The number of nitrogens with zero attached hydrogens (tertiary/aromatic N) is 1. The van der Waals surface area contributed by atoms with Crippen molar-refractivity contribution < 1.29 is 5.11 Å². The van der Waals surface area contributed by atoms with Crippen LogP contribution in [0, 0.1) is 12.8 Å². The van der Waals surface area contributed by atoms with Crippen molar-refractivity contribution in [3.05, 3.63) is 65.2 Å².